The molecule has 3 aromatic rings. The Morgan fingerprint density at radius 3 is 2.34 bits per heavy atom. The van der Waals surface area contributed by atoms with Crippen LogP contribution in [-0.2, 0) is 10.0 Å². The van der Waals surface area contributed by atoms with Crippen LogP contribution in [-0.4, -0.2) is 25.4 Å². The van der Waals surface area contributed by atoms with Gasteiger partial charge in [-0.25, -0.2) is 13.2 Å². The number of aromatic carboxylic acids is 1. The van der Waals surface area contributed by atoms with Crippen molar-refractivity contribution in [2.24, 2.45) is 0 Å². The molecule has 3 rings (SSSR count). The van der Waals surface area contributed by atoms with Crippen molar-refractivity contribution in [2.75, 3.05) is 10.0 Å². The lowest BCUT2D eigenvalue weighted by molar-refractivity contribution is 0.0698. The Bertz CT molecular complexity index is 1190. The van der Waals surface area contributed by atoms with Crippen LogP contribution in [0.4, 0.5) is 11.4 Å². The Morgan fingerprint density at radius 2 is 1.62 bits per heavy atom. The molecule has 0 saturated heterocycles. The molecule has 0 radical (unpaired) electrons. The van der Waals surface area contributed by atoms with Gasteiger partial charge >= 0.3 is 5.97 Å². The zero-order valence-electron chi connectivity index (χ0n) is 15.4. The molecule has 0 fully saturated rings. The Labute approximate surface area is 168 Å². The monoisotopic (exact) mass is 410 g/mol. The number of hydrogen-bond acceptors (Lipinski definition) is 4. The number of aryl methyl sites for hydroxylation is 1. The number of carboxylic acid groups (broad SMARTS) is 1. The van der Waals surface area contributed by atoms with Gasteiger partial charge in [-0.15, -0.1) is 0 Å². The maximum Gasteiger partial charge on any atom is 0.337 e. The van der Waals surface area contributed by atoms with Crippen molar-refractivity contribution in [3.8, 4) is 0 Å². The molecule has 0 unspecified atom stereocenters. The van der Waals surface area contributed by atoms with Gasteiger partial charge in [-0.2, -0.15) is 0 Å². The van der Waals surface area contributed by atoms with E-state index < -0.39 is 21.9 Å². The van der Waals surface area contributed by atoms with Gasteiger partial charge in [0, 0.05) is 11.3 Å². The van der Waals surface area contributed by atoms with E-state index in [1.807, 2.05) is 13.0 Å². The number of carbonyl (C=O) groups excluding carboxylic acids is 1. The van der Waals surface area contributed by atoms with E-state index in [1.54, 1.807) is 30.3 Å². The van der Waals surface area contributed by atoms with Crippen LogP contribution >= 0.6 is 0 Å². The topological polar surface area (TPSA) is 113 Å². The first kappa shape index (κ1) is 20.1. The lowest BCUT2D eigenvalue weighted by Crippen LogP contribution is -2.17. The van der Waals surface area contributed by atoms with E-state index in [0.29, 0.717) is 5.69 Å². The average Bonchev–Trinajstić information content (AvgIpc) is 2.68. The van der Waals surface area contributed by atoms with Crippen LogP contribution in [0, 0.1) is 6.92 Å². The van der Waals surface area contributed by atoms with Gasteiger partial charge in [0.2, 0.25) is 0 Å². The third kappa shape index (κ3) is 4.80. The van der Waals surface area contributed by atoms with Crippen molar-refractivity contribution in [1.29, 1.82) is 0 Å². The van der Waals surface area contributed by atoms with E-state index in [4.69, 9.17) is 0 Å². The van der Waals surface area contributed by atoms with E-state index in [2.05, 4.69) is 10.0 Å². The zero-order chi connectivity index (χ0) is 21.0. The minimum Gasteiger partial charge on any atom is -0.478 e. The van der Waals surface area contributed by atoms with E-state index in [0.717, 1.165) is 5.56 Å². The van der Waals surface area contributed by atoms with Gasteiger partial charge in [0.05, 0.1) is 16.1 Å². The SMILES string of the molecule is Cc1cccc(NS(=O)(=O)c2cccc(C(=O)Nc3ccccc3C(=O)O)c2)c1. The molecule has 8 heteroatoms. The van der Waals surface area contributed by atoms with Gasteiger partial charge in [0.15, 0.2) is 0 Å². The predicted molar refractivity (Wildman–Crippen MR) is 110 cm³/mol. The van der Waals surface area contributed by atoms with Crippen LogP contribution in [0.3, 0.4) is 0 Å². The van der Waals surface area contributed by atoms with Gasteiger partial charge in [-0.1, -0.05) is 30.3 Å². The molecule has 29 heavy (non-hydrogen) atoms. The molecule has 1 amide bonds. The number of nitrogens with one attached hydrogen (secondary N) is 2. The highest BCUT2D eigenvalue weighted by Crippen LogP contribution is 2.20. The molecule has 0 aliphatic rings. The number of anilines is 2. The minimum absolute atomic E-state index is 0.0641. The fourth-order valence-electron chi connectivity index (χ4n) is 2.70. The largest absolute Gasteiger partial charge is 0.478 e. The van der Waals surface area contributed by atoms with E-state index >= 15 is 0 Å². The normalized spacial score (nSPS) is 10.9. The van der Waals surface area contributed by atoms with E-state index in [9.17, 15) is 23.1 Å². The highest BCUT2D eigenvalue weighted by Gasteiger charge is 2.18. The molecular formula is C21H18N2O5S. The quantitative estimate of drug-likeness (QED) is 0.573. The first-order valence-corrected chi connectivity index (χ1v) is 10.1. The highest BCUT2D eigenvalue weighted by molar-refractivity contribution is 7.92. The second-order valence-corrected chi connectivity index (χ2v) is 7.99. The van der Waals surface area contributed by atoms with Crippen molar-refractivity contribution >= 4 is 33.3 Å². The average molecular weight is 410 g/mol. The smallest absolute Gasteiger partial charge is 0.337 e. The van der Waals surface area contributed by atoms with Crippen LogP contribution in [0.15, 0.2) is 77.7 Å². The molecule has 148 valence electrons. The maximum atomic E-state index is 12.7. The number of carbonyl (C=O) groups is 2. The molecule has 7 nitrogen and oxygen atoms in total. The summed E-state index contributed by atoms with van der Waals surface area (Å²) in [5.74, 6) is -1.80. The van der Waals surface area contributed by atoms with Crippen molar-refractivity contribution in [3.05, 3.63) is 89.5 Å². The summed E-state index contributed by atoms with van der Waals surface area (Å²) in [6.07, 6.45) is 0. The third-order valence-corrected chi connectivity index (χ3v) is 5.46. The van der Waals surface area contributed by atoms with Crippen LogP contribution in [0.2, 0.25) is 0 Å². The van der Waals surface area contributed by atoms with Gasteiger partial charge < -0.3 is 10.4 Å². The highest BCUT2D eigenvalue weighted by atomic mass is 32.2. The predicted octanol–water partition coefficient (Wildman–Crippen LogP) is 3.75. The number of para-hydroxylation sites is 1. The van der Waals surface area contributed by atoms with Crippen molar-refractivity contribution in [1.82, 2.24) is 0 Å². The summed E-state index contributed by atoms with van der Waals surface area (Å²) in [5.41, 5.74) is 1.45. The van der Waals surface area contributed by atoms with Crippen LogP contribution in [0.5, 0.6) is 0 Å². The third-order valence-electron chi connectivity index (χ3n) is 4.08. The molecule has 3 N–H and O–H groups in total. The lowest BCUT2D eigenvalue weighted by Gasteiger charge is -2.11. The molecule has 0 aromatic heterocycles. The van der Waals surface area contributed by atoms with Gasteiger partial charge in [-0.3, -0.25) is 9.52 Å². The fourth-order valence-corrected chi connectivity index (χ4v) is 3.80. The zero-order valence-corrected chi connectivity index (χ0v) is 16.2. The standard InChI is InChI=1S/C21H18N2O5S/c1-14-6-4-8-16(12-14)23-29(27,28)17-9-5-7-15(13-17)20(24)22-19-11-3-2-10-18(19)21(25)26/h2-13,23H,1H3,(H,22,24)(H,25,26). The van der Waals surface area contributed by atoms with E-state index in [1.165, 1.54) is 36.4 Å². The molecule has 0 heterocycles. The number of rotatable bonds is 6. The number of benzene rings is 3. The van der Waals surface area contributed by atoms with Crippen LogP contribution < -0.4 is 10.0 Å². The number of amides is 1. The second kappa shape index (κ2) is 8.15. The molecule has 0 saturated carbocycles. The first-order valence-electron chi connectivity index (χ1n) is 8.59. The molecule has 3 aromatic carbocycles. The van der Waals surface area contributed by atoms with E-state index in [-0.39, 0.29) is 21.7 Å². The summed E-state index contributed by atoms with van der Waals surface area (Å²) in [6.45, 7) is 1.84. The Morgan fingerprint density at radius 1 is 0.897 bits per heavy atom. The van der Waals surface area contributed by atoms with Crippen molar-refractivity contribution in [3.63, 3.8) is 0 Å². The summed E-state index contributed by atoms with van der Waals surface area (Å²) < 4.78 is 27.8. The van der Waals surface area contributed by atoms with Crippen LogP contribution in [0.25, 0.3) is 0 Å². The molecule has 0 bridgehead atoms. The molecule has 0 aliphatic heterocycles. The Balaban J connectivity index is 1.85. The maximum absolute atomic E-state index is 12.7. The number of carboxylic acids is 1. The number of hydrogen-bond donors (Lipinski definition) is 3. The number of sulfonamides is 1. The van der Waals surface area contributed by atoms with Gasteiger partial charge in [-0.05, 0) is 55.0 Å². The molecule has 0 aliphatic carbocycles. The molecular weight excluding hydrogens is 392 g/mol. The lowest BCUT2D eigenvalue weighted by atomic mass is 10.1. The van der Waals surface area contributed by atoms with Gasteiger partial charge in [0.1, 0.15) is 0 Å². The first-order chi connectivity index (χ1) is 13.8. The van der Waals surface area contributed by atoms with Crippen LogP contribution in [0.1, 0.15) is 26.3 Å². The summed E-state index contributed by atoms with van der Waals surface area (Å²) in [4.78, 5) is 23.8. The molecule has 0 spiro atoms. The summed E-state index contributed by atoms with van der Waals surface area (Å²) >= 11 is 0. The fraction of sp³-hybridized carbons (Fsp3) is 0.0476. The minimum atomic E-state index is -3.90. The van der Waals surface area contributed by atoms with Gasteiger partial charge in [0.25, 0.3) is 15.9 Å². The van der Waals surface area contributed by atoms with Crippen molar-refractivity contribution in [2.45, 2.75) is 11.8 Å². The summed E-state index contributed by atoms with van der Waals surface area (Å²) in [7, 11) is -3.90. The molecule has 0 atom stereocenters. The van der Waals surface area contributed by atoms with Crippen molar-refractivity contribution < 1.29 is 23.1 Å². The Kier molecular flexibility index (Phi) is 5.65. The Hall–Kier alpha value is -3.65. The summed E-state index contributed by atoms with van der Waals surface area (Å²) in [5, 5.41) is 11.7. The second-order valence-electron chi connectivity index (χ2n) is 6.31. The summed E-state index contributed by atoms with van der Waals surface area (Å²) in [6, 6.07) is 18.4.